The van der Waals surface area contributed by atoms with Gasteiger partial charge in [0.25, 0.3) is 0 Å². The smallest absolute Gasteiger partial charge is 0.140 e. The van der Waals surface area contributed by atoms with Gasteiger partial charge in [-0.3, -0.25) is 0 Å². The first-order valence-corrected chi connectivity index (χ1v) is 5.72. The quantitative estimate of drug-likeness (QED) is 0.796. The fourth-order valence-corrected chi connectivity index (χ4v) is 2.01. The topological polar surface area (TPSA) is 17.8 Å². The van der Waals surface area contributed by atoms with Crippen molar-refractivity contribution in [3.05, 3.63) is 40.2 Å². The molecule has 0 saturated carbocycles. The Balaban J connectivity index is 2.40. The molecule has 0 aliphatic rings. The van der Waals surface area contributed by atoms with Gasteiger partial charge in [-0.2, -0.15) is 0 Å². The average molecular weight is 316 g/mol. The Kier molecular flexibility index (Phi) is 3.35. The third-order valence-electron chi connectivity index (χ3n) is 2.12. The van der Waals surface area contributed by atoms with Crippen LogP contribution in [0.1, 0.15) is 0 Å². The van der Waals surface area contributed by atoms with E-state index in [2.05, 4.69) is 27.6 Å². The van der Waals surface area contributed by atoms with Gasteiger partial charge in [0, 0.05) is 21.5 Å². The van der Waals surface area contributed by atoms with Crippen LogP contribution in [0.3, 0.4) is 0 Å². The van der Waals surface area contributed by atoms with Crippen molar-refractivity contribution < 1.29 is 4.39 Å². The lowest BCUT2D eigenvalue weighted by Crippen LogP contribution is -2.00. The first-order chi connectivity index (χ1) is 7.31. The number of rotatable bonds is 3. The summed E-state index contributed by atoms with van der Waals surface area (Å²) in [5.74, 6) is 0.825. The van der Waals surface area contributed by atoms with E-state index in [0.29, 0.717) is 6.54 Å². The first-order valence-electron chi connectivity index (χ1n) is 4.64. The second-order valence-electron chi connectivity index (χ2n) is 3.14. The summed E-state index contributed by atoms with van der Waals surface area (Å²) in [6, 6.07) is 8.02. The van der Waals surface area contributed by atoms with Crippen molar-refractivity contribution in [2.45, 2.75) is 6.54 Å². The van der Waals surface area contributed by atoms with Crippen LogP contribution in [0.4, 0.5) is 4.39 Å². The van der Waals surface area contributed by atoms with Crippen molar-refractivity contribution in [2.75, 3.05) is 6.67 Å². The number of benzene rings is 1. The predicted molar refractivity (Wildman–Crippen MR) is 66.4 cm³/mol. The Hall–Kier alpha value is -0.910. The minimum absolute atomic E-state index is 0.362. The number of aryl methyl sites for hydroxylation is 1. The van der Waals surface area contributed by atoms with Crippen LogP contribution in [0, 0.1) is 3.57 Å². The molecule has 1 aromatic heterocycles. The lowest BCUT2D eigenvalue weighted by molar-refractivity contribution is 0.447. The number of imidazole rings is 1. The number of halogens is 2. The zero-order valence-corrected chi connectivity index (χ0v) is 10.2. The summed E-state index contributed by atoms with van der Waals surface area (Å²) >= 11 is 2.25. The van der Waals surface area contributed by atoms with E-state index in [1.165, 1.54) is 0 Å². The first kappa shape index (κ1) is 10.6. The van der Waals surface area contributed by atoms with Crippen LogP contribution in [0.2, 0.25) is 0 Å². The monoisotopic (exact) mass is 316 g/mol. The van der Waals surface area contributed by atoms with Gasteiger partial charge < -0.3 is 4.57 Å². The summed E-state index contributed by atoms with van der Waals surface area (Å²) in [5.41, 5.74) is 1.03. The van der Waals surface area contributed by atoms with Crippen molar-refractivity contribution in [1.29, 1.82) is 0 Å². The molecular weight excluding hydrogens is 306 g/mol. The minimum Gasteiger partial charge on any atom is -0.328 e. The van der Waals surface area contributed by atoms with E-state index in [4.69, 9.17) is 0 Å². The zero-order chi connectivity index (χ0) is 10.7. The molecular formula is C11H10FIN2. The molecule has 0 saturated heterocycles. The van der Waals surface area contributed by atoms with E-state index >= 15 is 0 Å². The molecule has 0 N–H and O–H groups in total. The van der Waals surface area contributed by atoms with Crippen LogP contribution in [0.5, 0.6) is 0 Å². The molecule has 1 heterocycles. The van der Waals surface area contributed by atoms with Crippen molar-refractivity contribution in [3.63, 3.8) is 0 Å². The number of nitrogens with zero attached hydrogens (tertiary/aromatic N) is 2. The molecule has 0 fully saturated rings. The highest BCUT2D eigenvalue weighted by atomic mass is 127. The van der Waals surface area contributed by atoms with E-state index in [-0.39, 0.29) is 6.67 Å². The van der Waals surface area contributed by atoms with Gasteiger partial charge in [-0.25, -0.2) is 9.37 Å². The molecule has 0 aliphatic heterocycles. The van der Waals surface area contributed by atoms with Crippen molar-refractivity contribution in [1.82, 2.24) is 9.55 Å². The molecule has 0 unspecified atom stereocenters. The number of hydrogen-bond acceptors (Lipinski definition) is 1. The third-order valence-corrected chi connectivity index (χ3v) is 2.79. The van der Waals surface area contributed by atoms with Crippen LogP contribution in [-0.2, 0) is 6.54 Å². The molecule has 0 spiro atoms. The van der Waals surface area contributed by atoms with Crippen molar-refractivity contribution in [3.8, 4) is 11.4 Å². The summed E-state index contributed by atoms with van der Waals surface area (Å²) in [5, 5.41) is 0. The number of aromatic nitrogens is 2. The van der Waals surface area contributed by atoms with Crippen molar-refractivity contribution >= 4 is 22.6 Å². The Bertz CT molecular complexity index is 453. The summed E-state index contributed by atoms with van der Waals surface area (Å²) in [7, 11) is 0. The molecule has 0 aliphatic carbocycles. The second-order valence-corrected chi connectivity index (χ2v) is 4.39. The van der Waals surface area contributed by atoms with E-state index < -0.39 is 0 Å². The zero-order valence-electron chi connectivity index (χ0n) is 8.03. The Morgan fingerprint density at radius 2 is 2.27 bits per heavy atom. The predicted octanol–water partition coefficient (Wildman–Crippen LogP) is 3.12. The summed E-state index contributed by atoms with van der Waals surface area (Å²) in [6.45, 7) is -0.00586. The summed E-state index contributed by atoms with van der Waals surface area (Å²) < 4.78 is 15.3. The lowest BCUT2D eigenvalue weighted by atomic mass is 10.2. The van der Waals surface area contributed by atoms with Crippen LogP contribution in [0.25, 0.3) is 11.4 Å². The van der Waals surface area contributed by atoms with Crippen LogP contribution >= 0.6 is 22.6 Å². The van der Waals surface area contributed by atoms with Gasteiger partial charge >= 0.3 is 0 Å². The maximum absolute atomic E-state index is 12.3. The fraction of sp³-hybridized carbons (Fsp3) is 0.182. The van der Waals surface area contributed by atoms with E-state index in [0.717, 1.165) is 15.0 Å². The van der Waals surface area contributed by atoms with Gasteiger partial charge in [0.1, 0.15) is 12.5 Å². The largest absolute Gasteiger partial charge is 0.328 e. The van der Waals surface area contributed by atoms with Crippen LogP contribution in [-0.4, -0.2) is 16.2 Å². The van der Waals surface area contributed by atoms with E-state index in [1.807, 2.05) is 28.8 Å². The third kappa shape index (κ3) is 2.37. The molecule has 78 valence electrons. The van der Waals surface area contributed by atoms with E-state index in [1.54, 1.807) is 12.4 Å². The molecule has 1 aromatic carbocycles. The van der Waals surface area contributed by atoms with Crippen LogP contribution in [0.15, 0.2) is 36.7 Å². The Labute approximate surface area is 101 Å². The Morgan fingerprint density at radius 3 is 3.00 bits per heavy atom. The highest BCUT2D eigenvalue weighted by Crippen LogP contribution is 2.19. The molecule has 0 bridgehead atoms. The van der Waals surface area contributed by atoms with Gasteiger partial charge in [-0.1, -0.05) is 12.1 Å². The maximum atomic E-state index is 12.3. The van der Waals surface area contributed by atoms with Gasteiger partial charge in [-0.05, 0) is 34.7 Å². The number of hydrogen-bond donors (Lipinski definition) is 0. The van der Waals surface area contributed by atoms with Crippen molar-refractivity contribution in [2.24, 2.45) is 0 Å². The second kappa shape index (κ2) is 4.74. The van der Waals surface area contributed by atoms with E-state index in [9.17, 15) is 4.39 Å². The van der Waals surface area contributed by atoms with Crippen LogP contribution < -0.4 is 0 Å². The molecule has 0 amide bonds. The minimum atomic E-state index is -0.368. The lowest BCUT2D eigenvalue weighted by Gasteiger charge is -2.05. The molecule has 0 atom stereocenters. The molecule has 2 nitrogen and oxygen atoms in total. The number of alkyl halides is 1. The highest BCUT2D eigenvalue weighted by molar-refractivity contribution is 14.1. The molecule has 15 heavy (non-hydrogen) atoms. The molecule has 4 heteroatoms. The van der Waals surface area contributed by atoms with Gasteiger partial charge in [-0.15, -0.1) is 0 Å². The molecule has 2 aromatic rings. The standard InChI is InChI=1S/C11H10FIN2/c12-4-6-15-7-5-14-11(15)9-2-1-3-10(13)8-9/h1-3,5,7-8H,4,6H2. The Morgan fingerprint density at radius 1 is 1.40 bits per heavy atom. The maximum Gasteiger partial charge on any atom is 0.140 e. The summed E-state index contributed by atoms with van der Waals surface area (Å²) in [4.78, 5) is 4.24. The average Bonchev–Trinajstić information content (AvgIpc) is 2.66. The highest BCUT2D eigenvalue weighted by Gasteiger charge is 2.05. The normalized spacial score (nSPS) is 10.5. The molecule has 2 rings (SSSR count). The van der Waals surface area contributed by atoms with Gasteiger partial charge in [0.15, 0.2) is 0 Å². The van der Waals surface area contributed by atoms with Gasteiger partial charge in [0.2, 0.25) is 0 Å². The molecule has 0 radical (unpaired) electrons. The van der Waals surface area contributed by atoms with Gasteiger partial charge in [0.05, 0.1) is 6.54 Å². The summed E-state index contributed by atoms with van der Waals surface area (Å²) in [6.07, 6.45) is 3.50. The fourth-order valence-electron chi connectivity index (χ4n) is 1.47. The SMILES string of the molecule is FCCn1ccnc1-c1cccc(I)c1.